The predicted molar refractivity (Wildman–Crippen MR) is 56.3 cm³/mol. The molecule has 2 heterocycles. The highest BCUT2D eigenvalue weighted by atomic mass is 35.5. The lowest BCUT2D eigenvalue weighted by Gasteiger charge is -2.27. The zero-order valence-corrected chi connectivity index (χ0v) is 8.72. The Labute approximate surface area is 88.7 Å². The maximum absolute atomic E-state index is 5.79. The Balaban J connectivity index is 1.98. The molecule has 0 aromatic carbocycles. The molecule has 0 radical (unpaired) electrons. The fourth-order valence-electron chi connectivity index (χ4n) is 2.85. The fraction of sp³-hybridized carbons (Fsp3) is 0.545. The van der Waals surface area contributed by atoms with Crippen LogP contribution in [0.2, 0.25) is 5.15 Å². The summed E-state index contributed by atoms with van der Waals surface area (Å²) in [6.07, 6.45) is 5.80. The van der Waals surface area contributed by atoms with Crippen LogP contribution in [0.25, 0.3) is 0 Å². The van der Waals surface area contributed by atoms with Crippen LogP contribution in [0.1, 0.15) is 24.8 Å². The van der Waals surface area contributed by atoms with Gasteiger partial charge in [-0.2, -0.15) is 0 Å². The molecule has 0 spiro atoms. The molecule has 2 aliphatic rings. The van der Waals surface area contributed by atoms with Gasteiger partial charge in [0, 0.05) is 11.7 Å². The number of piperidine rings is 1. The van der Waals surface area contributed by atoms with Crippen LogP contribution in [0.3, 0.4) is 0 Å². The van der Waals surface area contributed by atoms with Crippen molar-refractivity contribution in [3.63, 3.8) is 0 Å². The molecule has 0 amide bonds. The molecule has 2 unspecified atom stereocenters. The van der Waals surface area contributed by atoms with Gasteiger partial charge < -0.3 is 5.32 Å². The summed E-state index contributed by atoms with van der Waals surface area (Å²) in [5.74, 6) is 0.880. The van der Waals surface area contributed by atoms with Crippen LogP contribution in [0.4, 0.5) is 0 Å². The monoisotopic (exact) mass is 208 g/mol. The van der Waals surface area contributed by atoms with E-state index in [4.69, 9.17) is 11.6 Å². The molecule has 2 bridgehead atoms. The summed E-state index contributed by atoms with van der Waals surface area (Å²) in [5.41, 5.74) is 1.53. The van der Waals surface area contributed by atoms with Gasteiger partial charge in [0.25, 0.3) is 0 Å². The molecule has 2 nitrogen and oxygen atoms in total. The summed E-state index contributed by atoms with van der Waals surface area (Å²) in [4.78, 5) is 4.16. The zero-order chi connectivity index (χ0) is 9.60. The van der Waals surface area contributed by atoms with Gasteiger partial charge in [-0.05, 0) is 43.4 Å². The molecule has 2 atom stereocenters. The van der Waals surface area contributed by atoms with E-state index < -0.39 is 0 Å². The zero-order valence-electron chi connectivity index (χ0n) is 7.96. The molecule has 2 fully saturated rings. The Morgan fingerprint density at radius 3 is 2.93 bits per heavy atom. The lowest BCUT2D eigenvalue weighted by atomic mass is 9.91. The van der Waals surface area contributed by atoms with Crippen LogP contribution in [-0.4, -0.2) is 11.5 Å². The molecule has 1 aromatic heterocycles. The van der Waals surface area contributed by atoms with Crippen LogP contribution in [0.5, 0.6) is 0 Å². The summed E-state index contributed by atoms with van der Waals surface area (Å²) in [6.45, 7) is 1.17. The first-order valence-electron chi connectivity index (χ1n) is 5.16. The normalized spacial score (nSPS) is 35.1. The van der Waals surface area contributed by atoms with E-state index in [0.717, 1.165) is 5.92 Å². The number of rotatable bonds is 1. The molecule has 74 valence electrons. The molecule has 1 aliphatic carbocycles. The third-order valence-corrected chi connectivity index (χ3v) is 3.85. The minimum absolute atomic E-state index is 0.224. The number of pyridine rings is 1. The predicted octanol–water partition coefficient (Wildman–Crippen LogP) is 2.33. The van der Waals surface area contributed by atoms with Gasteiger partial charge in [0.15, 0.2) is 0 Å². The topological polar surface area (TPSA) is 24.9 Å². The molecule has 1 saturated heterocycles. The quantitative estimate of drug-likeness (QED) is 0.717. The van der Waals surface area contributed by atoms with E-state index in [-0.39, 0.29) is 5.54 Å². The van der Waals surface area contributed by atoms with Crippen molar-refractivity contribution >= 4 is 11.6 Å². The van der Waals surface area contributed by atoms with Crippen molar-refractivity contribution in [3.8, 4) is 0 Å². The third kappa shape index (κ3) is 1.17. The summed E-state index contributed by atoms with van der Waals surface area (Å²) < 4.78 is 0. The number of hydrogen-bond donors (Lipinski definition) is 1. The largest absolute Gasteiger partial charge is 0.307 e. The molecular weight excluding hydrogens is 196 g/mol. The summed E-state index contributed by atoms with van der Waals surface area (Å²) in [7, 11) is 0. The van der Waals surface area contributed by atoms with Gasteiger partial charge in [-0.25, -0.2) is 4.98 Å². The van der Waals surface area contributed by atoms with Crippen molar-refractivity contribution < 1.29 is 0 Å². The number of fused-ring (bicyclic) bond motifs is 2. The van der Waals surface area contributed by atoms with Crippen LogP contribution in [0, 0.1) is 5.92 Å². The second-order valence-corrected chi connectivity index (χ2v) is 4.83. The summed E-state index contributed by atoms with van der Waals surface area (Å²) in [5, 5.41) is 4.20. The van der Waals surface area contributed by atoms with Crippen LogP contribution < -0.4 is 5.32 Å². The maximum Gasteiger partial charge on any atom is 0.129 e. The number of nitrogens with zero attached hydrogens (tertiary/aromatic N) is 1. The van der Waals surface area contributed by atoms with Crippen molar-refractivity contribution in [1.82, 2.24) is 10.3 Å². The molecule has 1 saturated carbocycles. The second-order valence-electron chi connectivity index (χ2n) is 4.44. The minimum atomic E-state index is 0.224. The first-order valence-corrected chi connectivity index (χ1v) is 5.53. The smallest absolute Gasteiger partial charge is 0.129 e. The molecule has 1 N–H and O–H groups in total. The number of nitrogens with one attached hydrogen (secondary N) is 1. The van der Waals surface area contributed by atoms with Crippen molar-refractivity contribution in [2.75, 3.05) is 6.54 Å². The first kappa shape index (κ1) is 8.69. The summed E-state index contributed by atoms with van der Waals surface area (Å²) >= 11 is 5.79. The standard InChI is InChI=1S/C11H13ClN2/c12-10-2-1-9(7-13-10)11-4-3-8(5-11)6-14-11/h1-2,7-8,14H,3-6H2. The van der Waals surface area contributed by atoms with Gasteiger partial charge in [0.05, 0.1) is 0 Å². The highest BCUT2D eigenvalue weighted by Crippen LogP contribution is 2.46. The number of aromatic nitrogens is 1. The van der Waals surface area contributed by atoms with Gasteiger partial charge in [0.2, 0.25) is 0 Å². The Morgan fingerprint density at radius 1 is 1.50 bits per heavy atom. The highest BCUT2D eigenvalue weighted by Gasteiger charge is 2.45. The number of hydrogen-bond acceptors (Lipinski definition) is 2. The lowest BCUT2D eigenvalue weighted by molar-refractivity contribution is 0.372. The van der Waals surface area contributed by atoms with Gasteiger partial charge >= 0.3 is 0 Å². The molecule has 1 aliphatic heterocycles. The van der Waals surface area contributed by atoms with Crippen LogP contribution in [-0.2, 0) is 5.54 Å². The Morgan fingerprint density at radius 2 is 2.43 bits per heavy atom. The highest BCUT2D eigenvalue weighted by molar-refractivity contribution is 6.29. The molecule has 3 heteroatoms. The minimum Gasteiger partial charge on any atom is -0.307 e. The van der Waals surface area contributed by atoms with E-state index in [1.807, 2.05) is 12.3 Å². The average Bonchev–Trinajstić information content (AvgIpc) is 2.79. The van der Waals surface area contributed by atoms with Crippen molar-refractivity contribution in [2.24, 2.45) is 5.92 Å². The van der Waals surface area contributed by atoms with Gasteiger partial charge in [0.1, 0.15) is 5.15 Å². The van der Waals surface area contributed by atoms with E-state index >= 15 is 0 Å². The first-order chi connectivity index (χ1) is 6.78. The van der Waals surface area contributed by atoms with Gasteiger partial charge in [-0.3, -0.25) is 0 Å². The third-order valence-electron chi connectivity index (χ3n) is 3.63. The average molecular weight is 209 g/mol. The van der Waals surface area contributed by atoms with Crippen LogP contribution >= 0.6 is 11.6 Å². The van der Waals surface area contributed by atoms with Crippen molar-refractivity contribution in [2.45, 2.75) is 24.8 Å². The lowest BCUT2D eigenvalue weighted by Crippen LogP contribution is -2.37. The SMILES string of the molecule is Clc1ccc(C23CCC(CN2)C3)cn1. The Hall–Kier alpha value is -0.600. The Kier molecular flexibility index (Phi) is 1.83. The summed E-state index contributed by atoms with van der Waals surface area (Å²) in [6, 6.07) is 4.00. The second kappa shape index (κ2) is 2.94. The number of halogens is 1. The van der Waals surface area contributed by atoms with E-state index in [9.17, 15) is 0 Å². The van der Waals surface area contributed by atoms with Crippen LogP contribution in [0.15, 0.2) is 18.3 Å². The van der Waals surface area contributed by atoms with E-state index in [1.165, 1.54) is 31.4 Å². The molecule has 3 rings (SSSR count). The fourth-order valence-corrected chi connectivity index (χ4v) is 2.96. The molecule has 14 heavy (non-hydrogen) atoms. The van der Waals surface area contributed by atoms with Crippen molar-refractivity contribution in [3.05, 3.63) is 29.0 Å². The van der Waals surface area contributed by atoms with E-state index in [0.29, 0.717) is 5.15 Å². The van der Waals surface area contributed by atoms with E-state index in [2.05, 4.69) is 16.4 Å². The Bertz CT molecular complexity index is 339. The van der Waals surface area contributed by atoms with Crippen molar-refractivity contribution in [1.29, 1.82) is 0 Å². The van der Waals surface area contributed by atoms with Gasteiger partial charge in [-0.1, -0.05) is 17.7 Å². The maximum atomic E-state index is 5.79. The molecular formula is C11H13ClN2. The van der Waals surface area contributed by atoms with Gasteiger partial charge in [-0.15, -0.1) is 0 Å². The molecule has 1 aromatic rings. The van der Waals surface area contributed by atoms with E-state index in [1.54, 1.807) is 0 Å².